The predicted octanol–water partition coefficient (Wildman–Crippen LogP) is 2.22. The van der Waals surface area contributed by atoms with Crippen LogP contribution in [0.3, 0.4) is 0 Å². The van der Waals surface area contributed by atoms with E-state index in [4.69, 9.17) is 5.11 Å². The van der Waals surface area contributed by atoms with Crippen LogP contribution in [0.25, 0.3) is 6.08 Å². The predicted molar refractivity (Wildman–Crippen MR) is 49.6 cm³/mol. The van der Waals surface area contributed by atoms with Crippen LogP contribution in [0.15, 0.2) is 29.8 Å². The molecule has 1 aliphatic rings. The summed E-state index contributed by atoms with van der Waals surface area (Å²) in [6.45, 7) is 0.229. The molecule has 0 saturated heterocycles. The van der Waals surface area contributed by atoms with Gasteiger partial charge in [0.15, 0.2) is 0 Å². The SMILES string of the molecule is OCC1C/C1=C/c1ccc(F)cc1. The molecule has 1 N–H and O–H groups in total. The molecule has 1 atom stereocenters. The van der Waals surface area contributed by atoms with Crippen molar-refractivity contribution >= 4 is 6.08 Å². The fourth-order valence-corrected chi connectivity index (χ4v) is 1.36. The van der Waals surface area contributed by atoms with E-state index >= 15 is 0 Å². The Morgan fingerprint density at radius 1 is 1.38 bits per heavy atom. The normalized spacial score (nSPS) is 23.5. The van der Waals surface area contributed by atoms with Gasteiger partial charge in [-0.05, 0) is 24.1 Å². The van der Waals surface area contributed by atoms with Gasteiger partial charge in [0.05, 0.1) is 0 Å². The minimum atomic E-state index is -0.211. The highest BCUT2D eigenvalue weighted by molar-refractivity contribution is 5.57. The molecular formula is C11H11FO. The van der Waals surface area contributed by atoms with Crippen LogP contribution in [-0.4, -0.2) is 11.7 Å². The first-order valence-corrected chi connectivity index (χ1v) is 4.36. The number of aliphatic hydroxyl groups excluding tert-OH is 1. The lowest BCUT2D eigenvalue weighted by Gasteiger charge is -1.91. The minimum absolute atomic E-state index is 0.211. The summed E-state index contributed by atoms with van der Waals surface area (Å²) in [7, 11) is 0. The summed E-state index contributed by atoms with van der Waals surface area (Å²) in [5.74, 6) is 0.140. The van der Waals surface area contributed by atoms with Gasteiger partial charge in [-0.15, -0.1) is 0 Å². The first kappa shape index (κ1) is 8.45. The molecule has 1 saturated carbocycles. The van der Waals surface area contributed by atoms with E-state index in [1.165, 1.54) is 17.7 Å². The van der Waals surface area contributed by atoms with E-state index in [2.05, 4.69) is 0 Å². The zero-order chi connectivity index (χ0) is 9.26. The number of aliphatic hydroxyl groups is 1. The molecular weight excluding hydrogens is 167 g/mol. The van der Waals surface area contributed by atoms with Gasteiger partial charge in [-0.25, -0.2) is 4.39 Å². The molecule has 1 nitrogen and oxygen atoms in total. The van der Waals surface area contributed by atoms with E-state index in [1.54, 1.807) is 12.1 Å². The molecule has 1 unspecified atom stereocenters. The third kappa shape index (κ3) is 1.95. The second-order valence-electron chi connectivity index (χ2n) is 3.35. The van der Waals surface area contributed by atoms with Crippen LogP contribution in [0.4, 0.5) is 4.39 Å². The standard InChI is InChI=1S/C11H11FO/c12-11-3-1-8(2-4-11)5-9-6-10(9)7-13/h1-5,10,13H,6-7H2/b9-5-. The molecule has 68 valence electrons. The average Bonchev–Trinajstić information content (AvgIpc) is 2.88. The molecule has 1 aromatic carbocycles. The summed E-state index contributed by atoms with van der Waals surface area (Å²) in [4.78, 5) is 0. The lowest BCUT2D eigenvalue weighted by molar-refractivity contribution is 0.281. The maximum absolute atomic E-state index is 12.5. The van der Waals surface area contributed by atoms with Crippen molar-refractivity contribution in [3.63, 3.8) is 0 Å². The van der Waals surface area contributed by atoms with Gasteiger partial charge in [0, 0.05) is 12.5 Å². The molecule has 0 amide bonds. The first-order valence-electron chi connectivity index (χ1n) is 4.36. The van der Waals surface area contributed by atoms with Gasteiger partial charge in [-0.2, -0.15) is 0 Å². The molecule has 1 aliphatic carbocycles. The zero-order valence-corrected chi connectivity index (χ0v) is 7.20. The Bertz CT molecular complexity index is 326. The van der Waals surface area contributed by atoms with E-state index in [0.29, 0.717) is 5.92 Å². The molecule has 1 fully saturated rings. The summed E-state index contributed by atoms with van der Waals surface area (Å²) >= 11 is 0. The lowest BCUT2D eigenvalue weighted by Crippen LogP contribution is -1.81. The van der Waals surface area contributed by atoms with Gasteiger partial charge in [-0.1, -0.05) is 23.8 Å². The maximum Gasteiger partial charge on any atom is 0.123 e. The lowest BCUT2D eigenvalue weighted by atomic mass is 10.2. The van der Waals surface area contributed by atoms with Crippen LogP contribution in [0.1, 0.15) is 12.0 Å². The molecule has 2 rings (SSSR count). The Hall–Kier alpha value is -1.15. The quantitative estimate of drug-likeness (QED) is 0.736. The van der Waals surface area contributed by atoms with Crippen molar-refractivity contribution in [3.8, 4) is 0 Å². The van der Waals surface area contributed by atoms with Crippen LogP contribution >= 0.6 is 0 Å². The van der Waals surface area contributed by atoms with Crippen LogP contribution < -0.4 is 0 Å². The van der Waals surface area contributed by atoms with E-state index < -0.39 is 0 Å². The highest BCUT2D eigenvalue weighted by atomic mass is 19.1. The van der Waals surface area contributed by atoms with Gasteiger partial charge in [0.1, 0.15) is 5.82 Å². The second kappa shape index (κ2) is 3.30. The smallest absolute Gasteiger partial charge is 0.123 e. The molecule has 0 radical (unpaired) electrons. The van der Waals surface area contributed by atoms with Gasteiger partial charge in [-0.3, -0.25) is 0 Å². The first-order chi connectivity index (χ1) is 6.29. The Balaban J connectivity index is 2.11. The Labute approximate surface area is 76.5 Å². The zero-order valence-electron chi connectivity index (χ0n) is 7.20. The third-order valence-corrected chi connectivity index (χ3v) is 2.29. The molecule has 2 heteroatoms. The highest BCUT2D eigenvalue weighted by Crippen LogP contribution is 2.38. The molecule has 0 spiro atoms. The van der Waals surface area contributed by atoms with E-state index in [9.17, 15) is 4.39 Å². The van der Waals surface area contributed by atoms with Crippen molar-refractivity contribution < 1.29 is 9.50 Å². The Kier molecular flexibility index (Phi) is 2.15. The molecule has 0 bridgehead atoms. The van der Waals surface area contributed by atoms with Crippen molar-refractivity contribution in [2.45, 2.75) is 6.42 Å². The van der Waals surface area contributed by atoms with Crippen molar-refractivity contribution in [1.29, 1.82) is 0 Å². The van der Waals surface area contributed by atoms with E-state index in [0.717, 1.165) is 12.0 Å². The Morgan fingerprint density at radius 2 is 2.08 bits per heavy atom. The van der Waals surface area contributed by atoms with Gasteiger partial charge in [0.2, 0.25) is 0 Å². The molecule has 0 aromatic heterocycles. The number of hydrogen-bond donors (Lipinski definition) is 1. The minimum Gasteiger partial charge on any atom is -0.396 e. The molecule has 0 heterocycles. The summed E-state index contributed by atoms with van der Waals surface area (Å²) in [6.07, 6.45) is 2.99. The fraction of sp³-hybridized carbons (Fsp3) is 0.273. The largest absolute Gasteiger partial charge is 0.396 e. The van der Waals surface area contributed by atoms with E-state index in [1.807, 2.05) is 6.08 Å². The number of benzene rings is 1. The van der Waals surface area contributed by atoms with Crippen LogP contribution in [0.2, 0.25) is 0 Å². The average molecular weight is 178 g/mol. The number of halogens is 1. The van der Waals surface area contributed by atoms with Gasteiger partial charge >= 0.3 is 0 Å². The third-order valence-electron chi connectivity index (χ3n) is 2.29. The van der Waals surface area contributed by atoms with Crippen molar-refractivity contribution in [2.75, 3.05) is 6.61 Å². The summed E-state index contributed by atoms with van der Waals surface area (Å²) in [5.41, 5.74) is 2.27. The van der Waals surface area contributed by atoms with Crippen molar-refractivity contribution in [1.82, 2.24) is 0 Å². The van der Waals surface area contributed by atoms with Gasteiger partial charge < -0.3 is 5.11 Å². The fourth-order valence-electron chi connectivity index (χ4n) is 1.36. The summed E-state index contributed by atoms with van der Waals surface area (Å²) < 4.78 is 12.5. The number of rotatable bonds is 2. The van der Waals surface area contributed by atoms with Crippen molar-refractivity contribution in [2.24, 2.45) is 5.92 Å². The second-order valence-corrected chi connectivity index (χ2v) is 3.35. The molecule has 13 heavy (non-hydrogen) atoms. The van der Waals surface area contributed by atoms with E-state index in [-0.39, 0.29) is 12.4 Å². The highest BCUT2D eigenvalue weighted by Gasteiger charge is 2.27. The maximum atomic E-state index is 12.5. The molecule has 0 aliphatic heterocycles. The van der Waals surface area contributed by atoms with Crippen LogP contribution in [-0.2, 0) is 0 Å². The monoisotopic (exact) mass is 178 g/mol. The van der Waals surface area contributed by atoms with Crippen molar-refractivity contribution in [3.05, 3.63) is 41.2 Å². The Morgan fingerprint density at radius 3 is 2.62 bits per heavy atom. The van der Waals surface area contributed by atoms with Crippen LogP contribution in [0.5, 0.6) is 0 Å². The topological polar surface area (TPSA) is 20.2 Å². The summed E-state index contributed by atoms with van der Waals surface area (Å²) in [6, 6.07) is 6.38. The van der Waals surface area contributed by atoms with Crippen LogP contribution in [0, 0.1) is 11.7 Å². The van der Waals surface area contributed by atoms with Gasteiger partial charge in [0.25, 0.3) is 0 Å². The summed E-state index contributed by atoms with van der Waals surface area (Å²) in [5, 5.41) is 8.80. The number of hydrogen-bond acceptors (Lipinski definition) is 1. The molecule has 1 aromatic rings.